The number of sulfonamides is 1. The average Bonchev–Trinajstić information content (AvgIpc) is 3.37. The Balaban J connectivity index is 1.60. The summed E-state index contributed by atoms with van der Waals surface area (Å²) >= 11 is 0. The van der Waals surface area contributed by atoms with Gasteiger partial charge >= 0.3 is 5.69 Å². The van der Waals surface area contributed by atoms with E-state index in [4.69, 9.17) is 4.74 Å². The predicted octanol–water partition coefficient (Wildman–Crippen LogP) is 2.91. The number of hydrogen-bond acceptors (Lipinski definition) is 6. The molecule has 29 heavy (non-hydrogen) atoms. The van der Waals surface area contributed by atoms with Gasteiger partial charge in [0.05, 0.1) is 15.5 Å². The molecule has 4 rings (SSSR count). The van der Waals surface area contributed by atoms with Gasteiger partial charge in [0.2, 0.25) is 10.0 Å². The van der Waals surface area contributed by atoms with Gasteiger partial charge in [-0.3, -0.25) is 10.1 Å². The first kappa shape index (κ1) is 19.3. The van der Waals surface area contributed by atoms with Gasteiger partial charge in [0, 0.05) is 31.5 Å². The molecular weight excluding hydrogens is 396 g/mol. The quantitative estimate of drug-likeness (QED) is 0.452. The zero-order valence-corrected chi connectivity index (χ0v) is 16.6. The fourth-order valence-electron chi connectivity index (χ4n) is 3.43. The summed E-state index contributed by atoms with van der Waals surface area (Å²) in [6.45, 7) is 2.83. The molecule has 3 heterocycles. The molecule has 0 saturated carbocycles. The normalized spacial score (nSPS) is 15.1. The molecule has 152 valence electrons. The number of nitrogens with zero attached hydrogens (tertiary/aromatic N) is 4. The molecule has 0 spiro atoms. The van der Waals surface area contributed by atoms with E-state index in [1.807, 2.05) is 29.7 Å². The van der Waals surface area contributed by atoms with E-state index < -0.39 is 14.9 Å². The van der Waals surface area contributed by atoms with Crippen LogP contribution in [-0.4, -0.2) is 40.1 Å². The number of rotatable bonds is 6. The Morgan fingerprint density at radius 3 is 2.69 bits per heavy atom. The summed E-state index contributed by atoms with van der Waals surface area (Å²) in [7, 11) is -3.74. The highest BCUT2D eigenvalue weighted by Gasteiger charge is 2.29. The lowest BCUT2D eigenvalue weighted by Crippen LogP contribution is -2.27. The summed E-state index contributed by atoms with van der Waals surface area (Å²) in [5, 5.41) is 11.5. The molecule has 0 N–H and O–H groups in total. The standard InChI is InChI=1S/C19H20N4O5S/c1-14-5-4-8-21-12-15(20-19(14)21)13-28-18-7-6-16(11-17(18)23(24)25)29(26,27)22-9-2-3-10-22/h4-8,11-12H,2-3,9-10,13H2,1H3. The van der Waals surface area contributed by atoms with Crippen molar-refractivity contribution < 1.29 is 18.1 Å². The van der Waals surface area contributed by atoms with Gasteiger partial charge in [-0.2, -0.15) is 4.31 Å². The molecule has 2 aromatic heterocycles. The smallest absolute Gasteiger partial charge is 0.312 e. The van der Waals surface area contributed by atoms with Gasteiger partial charge in [-0.1, -0.05) is 6.07 Å². The van der Waals surface area contributed by atoms with Crippen LogP contribution in [0.2, 0.25) is 0 Å². The summed E-state index contributed by atoms with van der Waals surface area (Å²) in [5.41, 5.74) is 2.02. The zero-order chi connectivity index (χ0) is 20.6. The second-order valence-corrected chi connectivity index (χ2v) is 8.88. The molecule has 0 atom stereocenters. The molecule has 0 bridgehead atoms. The van der Waals surface area contributed by atoms with Gasteiger partial charge in [0.1, 0.15) is 12.3 Å². The second kappa shape index (κ2) is 7.45. The molecule has 9 nitrogen and oxygen atoms in total. The van der Waals surface area contributed by atoms with Crippen molar-refractivity contribution in [3.05, 3.63) is 64.1 Å². The van der Waals surface area contributed by atoms with E-state index in [1.165, 1.54) is 16.4 Å². The highest BCUT2D eigenvalue weighted by Crippen LogP contribution is 2.32. The SMILES string of the molecule is Cc1cccn2cc(COc3ccc(S(=O)(=O)N4CCCC4)cc3[N+](=O)[O-])nc12. The van der Waals surface area contributed by atoms with Crippen LogP contribution >= 0.6 is 0 Å². The largest absolute Gasteiger partial charge is 0.480 e. The number of hydrogen-bond donors (Lipinski definition) is 0. The molecule has 0 aliphatic carbocycles. The van der Waals surface area contributed by atoms with E-state index in [0.717, 1.165) is 30.1 Å². The van der Waals surface area contributed by atoms with E-state index in [2.05, 4.69) is 4.98 Å². The van der Waals surface area contributed by atoms with E-state index in [1.54, 1.807) is 6.20 Å². The van der Waals surface area contributed by atoms with Crippen molar-refractivity contribution in [3.8, 4) is 5.75 Å². The number of fused-ring (bicyclic) bond motifs is 1. The maximum atomic E-state index is 12.7. The third-order valence-corrected chi connectivity index (χ3v) is 6.83. The van der Waals surface area contributed by atoms with Crippen LogP contribution in [0.1, 0.15) is 24.1 Å². The molecule has 0 amide bonds. The number of aryl methyl sites for hydroxylation is 1. The summed E-state index contributed by atoms with van der Waals surface area (Å²) < 4.78 is 34.2. The van der Waals surface area contributed by atoms with E-state index in [-0.39, 0.29) is 22.9 Å². The molecule has 1 aromatic carbocycles. The van der Waals surface area contributed by atoms with E-state index in [9.17, 15) is 18.5 Å². The number of imidazole rings is 1. The van der Waals surface area contributed by atoms with Crippen LogP contribution in [0.3, 0.4) is 0 Å². The van der Waals surface area contributed by atoms with Crippen LogP contribution in [0.4, 0.5) is 5.69 Å². The van der Waals surface area contributed by atoms with Gasteiger partial charge in [-0.05, 0) is 43.5 Å². The predicted molar refractivity (Wildman–Crippen MR) is 105 cm³/mol. The number of nitro groups is 1. The fourth-order valence-corrected chi connectivity index (χ4v) is 4.96. The van der Waals surface area contributed by atoms with Gasteiger partial charge in [0.15, 0.2) is 5.75 Å². The first-order valence-corrected chi connectivity index (χ1v) is 10.6. The molecule has 1 aliphatic rings. The first-order valence-electron chi connectivity index (χ1n) is 9.21. The molecule has 1 saturated heterocycles. The molecular formula is C19H20N4O5S. The first-order chi connectivity index (χ1) is 13.9. The van der Waals surface area contributed by atoms with Gasteiger partial charge in [-0.25, -0.2) is 13.4 Å². The number of pyridine rings is 1. The van der Waals surface area contributed by atoms with E-state index >= 15 is 0 Å². The van der Waals surface area contributed by atoms with Crippen LogP contribution < -0.4 is 4.74 Å². The lowest BCUT2D eigenvalue weighted by Gasteiger charge is -2.15. The molecule has 10 heteroatoms. The summed E-state index contributed by atoms with van der Waals surface area (Å²) in [6, 6.07) is 7.60. The topological polar surface area (TPSA) is 107 Å². The Hall–Kier alpha value is -2.98. The summed E-state index contributed by atoms with van der Waals surface area (Å²) in [4.78, 5) is 15.3. The highest BCUT2D eigenvalue weighted by molar-refractivity contribution is 7.89. The molecule has 0 radical (unpaired) electrons. The zero-order valence-electron chi connectivity index (χ0n) is 15.8. The Morgan fingerprint density at radius 2 is 2.00 bits per heavy atom. The van der Waals surface area contributed by atoms with Crippen LogP contribution in [0.25, 0.3) is 5.65 Å². The minimum absolute atomic E-state index is 0.00384. The lowest BCUT2D eigenvalue weighted by atomic mass is 10.3. The highest BCUT2D eigenvalue weighted by atomic mass is 32.2. The van der Waals surface area contributed by atoms with Gasteiger partial charge < -0.3 is 9.14 Å². The Labute approximate surface area is 167 Å². The van der Waals surface area contributed by atoms with Crippen LogP contribution in [-0.2, 0) is 16.6 Å². The minimum atomic E-state index is -3.74. The summed E-state index contributed by atoms with van der Waals surface area (Å²) in [5.74, 6) is 0.00384. The Bertz CT molecular complexity index is 1180. The maximum Gasteiger partial charge on any atom is 0.312 e. The Kier molecular flexibility index (Phi) is 4.97. The van der Waals surface area contributed by atoms with Crippen molar-refractivity contribution >= 4 is 21.4 Å². The van der Waals surface area contributed by atoms with Crippen molar-refractivity contribution in [2.75, 3.05) is 13.1 Å². The molecule has 1 fully saturated rings. The molecule has 1 aliphatic heterocycles. The Morgan fingerprint density at radius 1 is 1.24 bits per heavy atom. The maximum absolute atomic E-state index is 12.7. The molecule has 3 aromatic rings. The minimum Gasteiger partial charge on any atom is -0.480 e. The fraction of sp³-hybridized carbons (Fsp3) is 0.316. The lowest BCUT2D eigenvalue weighted by molar-refractivity contribution is -0.386. The van der Waals surface area contributed by atoms with Crippen molar-refractivity contribution in [1.82, 2.24) is 13.7 Å². The number of ether oxygens (including phenoxy) is 1. The average molecular weight is 416 g/mol. The third-order valence-electron chi connectivity index (χ3n) is 4.93. The number of nitro benzene ring substituents is 1. The third kappa shape index (κ3) is 3.68. The van der Waals surface area contributed by atoms with Crippen LogP contribution in [0.15, 0.2) is 47.6 Å². The van der Waals surface area contributed by atoms with Gasteiger partial charge in [0.25, 0.3) is 0 Å². The number of benzene rings is 1. The van der Waals surface area contributed by atoms with Gasteiger partial charge in [-0.15, -0.1) is 0 Å². The van der Waals surface area contributed by atoms with Crippen molar-refractivity contribution in [3.63, 3.8) is 0 Å². The summed E-state index contributed by atoms with van der Waals surface area (Å²) in [6.07, 6.45) is 5.24. The van der Waals surface area contributed by atoms with Crippen LogP contribution in [0.5, 0.6) is 5.75 Å². The number of aromatic nitrogens is 2. The van der Waals surface area contributed by atoms with Crippen LogP contribution in [0, 0.1) is 17.0 Å². The monoisotopic (exact) mass is 416 g/mol. The molecule has 0 unspecified atom stereocenters. The van der Waals surface area contributed by atoms with E-state index in [0.29, 0.717) is 18.8 Å². The van der Waals surface area contributed by atoms with Crippen molar-refractivity contribution in [1.29, 1.82) is 0 Å². The van der Waals surface area contributed by atoms with Crippen molar-refractivity contribution in [2.24, 2.45) is 0 Å². The van der Waals surface area contributed by atoms with Crippen molar-refractivity contribution in [2.45, 2.75) is 31.3 Å². The second-order valence-electron chi connectivity index (χ2n) is 6.94.